The zero-order chi connectivity index (χ0) is 27.6. The topological polar surface area (TPSA) is 79.1 Å². The van der Waals surface area contributed by atoms with Crippen molar-refractivity contribution < 1.29 is 19.0 Å². The largest absolute Gasteiger partial charge is 0.492 e. The van der Waals surface area contributed by atoms with Crippen molar-refractivity contribution in [1.82, 2.24) is 4.57 Å². The van der Waals surface area contributed by atoms with E-state index in [9.17, 15) is 9.59 Å². The number of hydrogen-bond donors (Lipinski definition) is 0. The van der Waals surface area contributed by atoms with E-state index in [-0.39, 0.29) is 12.2 Å². The molecule has 9 heteroatoms. The van der Waals surface area contributed by atoms with Crippen LogP contribution in [0.5, 0.6) is 11.5 Å². The van der Waals surface area contributed by atoms with E-state index >= 15 is 0 Å². The molecule has 1 aromatic heterocycles. The number of hydrogen-bond acceptors (Lipinski definition) is 7. The summed E-state index contributed by atoms with van der Waals surface area (Å²) >= 11 is 4.82. The van der Waals surface area contributed by atoms with Crippen LogP contribution < -0.4 is 24.4 Å². The van der Waals surface area contributed by atoms with E-state index in [1.54, 1.807) is 31.6 Å². The summed E-state index contributed by atoms with van der Waals surface area (Å²) in [5, 5.41) is 0. The van der Waals surface area contributed by atoms with Crippen LogP contribution in [0.25, 0.3) is 6.08 Å². The van der Waals surface area contributed by atoms with E-state index in [0.717, 1.165) is 11.1 Å². The number of carbonyl (C=O) groups excluding carboxylic acids is 1. The lowest BCUT2D eigenvalue weighted by atomic mass is 9.93. The molecule has 0 saturated carbocycles. The first kappa shape index (κ1) is 27.9. The maximum atomic E-state index is 13.9. The Balaban J connectivity index is 1.92. The second kappa shape index (κ2) is 11.7. The van der Waals surface area contributed by atoms with Crippen LogP contribution in [0.15, 0.2) is 61.9 Å². The van der Waals surface area contributed by atoms with Gasteiger partial charge in [-0.15, -0.1) is 0 Å². The molecule has 1 aliphatic rings. The third kappa shape index (κ3) is 5.35. The maximum Gasteiger partial charge on any atom is 0.338 e. The predicted molar refractivity (Wildman–Crippen MR) is 153 cm³/mol. The van der Waals surface area contributed by atoms with E-state index in [4.69, 9.17) is 14.2 Å². The summed E-state index contributed by atoms with van der Waals surface area (Å²) in [5.74, 6) is 1.05. The molecule has 0 aliphatic carbocycles. The Labute approximate surface area is 234 Å². The maximum absolute atomic E-state index is 13.9. The van der Waals surface area contributed by atoms with Crippen LogP contribution in [-0.4, -0.2) is 30.9 Å². The Kier molecular flexibility index (Phi) is 8.57. The fraction of sp³-hybridized carbons (Fsp3) is 0.345. The van der Waals surface area contributed by atoms with Crippen molar-refractivity contribution in [2.45, 2.75) is 46.6 Å². The number of esters is 1. The Morgan fingerprint density at radius 1 is 1.18 bits per heavy atom. The van der Waals surface area contributed by atoms with Crippen LogP contribution in [0.3, 0.4) is 0 Å². The number of rotatable bonds is 8. The second-order valence-electron chi connectivity index (χ2n) is 9.09. The highest BCUT2D eigenvalue weighted by atomic mass is 79.9. The minimum absolute atomic E-state index is 0.230. The lowest BCUT2D eigenvalue weighted by molar-refractivity contribution is -0.139. The zero-order valence-corrected chi connectivity index (χ0v) is 24.7. The van der Waals surface area contributed by atoms with Crippen molar-refractivity contribution in [3.63, 3.8) is 0 Å². The molecular formula is C29H31BrN2O5S. The first-order valence-electron chi connectivity index (χ1n) is 12.5. The molecule has 7 nitrogen and oxygen atoms in total. The number of thiazole rings is 1. The number of fused-ring (bicyclic) bond motifs is 1. The number of aromatic nitrogens is 1. The molecule has 38 heavy (non-hydrogen) atoms. The molecule has 2 heterocycles. The third-order valence-electron chi connectivity index (χ3n) is 6.27. The van der Waals surface area contributed by atoms with Gasteiger partial charge in [-0.2, -0.15) is 0 Å². The molecular weight excluding hydrogens is 568 g/mol. The highest BCUT2D eigenvalue weighted by molar-refractivity contribution is 9.10. The number of carbonyl (C=O) groups is 1. The van der Waals surface area contributed by atoms with Crippen LogP contribution in [-0.2, 0) is 9.53 Å². The molecule has 0 radical (unpaired) electrons. The summed E-state index contributed by atoms with van der Waals surface area (Å²) in [4.78, 5) is 32.1. The molecule has 0 amide bonds. The van der Waals surface area contributed by atoms with Crippen LogP contribution >= 0.6 is 27.3 Å². The van der Waals surface area contributed by atoms with Gasteiger partial charge >= 0.3 is 5.97 Å². The Morgan fingerprint density at radius 3 is 2.50 bits per heavy atom. The van der Waals surface area contributed by atoms with E-state index in [0.29, 0.717) is 49.1 Å². The third-order valence-corrected chi connectivity index (χ3v) is 7.84. The molecule has 1 aliphatic heterocycles. The summed E-state index contributed by atoms with van der Waals surface area (Å²) in [6.07, 6.45) is 1.80. The summed E-state index contributed by atoms with van der Waals surface area (Å²) in [6, 6.07) is 11.1. The van der Waals surface area contributed by atoms with Crippen LogP contribution in [0.2, 0.25) is 0 Å². The SMILES string of the molecule is CCOC(=O)C1=C(C)N=c2sc(=Cc3cc(Br)c(OC)c(OCC)c3)c(=O)n2C1c1ccc(C(C)C)cc1. The summed E-state index contributed by atoms with van der Waals surface area (Å²) in [5.41, 5.74) is 3.45. The molecule has 0 bridgehead atoms. The number of nitrogens with zero attached hydrogens (tertiary/aromatic N) is 2. The van der Waals surface area contributed by atoms with Gasteiger partial charge in [0.1, 0.15) is 0 Å². The molecule has 1 atom stereocenters. The van der Waals surface area contributed by atoms with Gasteiger partial charge in [0.05, 0.1) is 46.6 Å². The molecule has 2 aromatic carbocycles. The van der Waals surface area contributed by atoms with E-state index in [2.05, 4.69) is 34.8 Å². The standard InChI is InChI=1S/C29H31BrN2O5S/c1-7-36-22-14-18(13-21(30)26(22)35-6)15-23-27(33)32-25(20-11-9-19(10-12-20)16(3)4)24(28(34)37-8-2)17(5)31-29(32)38-23/h9-16,25H,7-8H2,1-6H3. The lowest BCUT2D eigenvalue weighted by Gasteiger charge is -2.25. The van der Waals surface area contributed by atoms with E-state index in [1.165, 1.54) is 16.9 Å². The number of benzene rings is 2. The van der Waals surface area contributed by atoms with Crippen molar-refractivity contribution in [3.05, 3.63) is 88.5 Å². The fourth-order valence-corrected chi connectivity index (χ4v) is 6.12. The molecule has 0 N–H and O–H groups in total. The van der Waals surface area contributed by atoms with Crippen LogP contribution in [0, 0.1) is 0 Å². The summed E-state index contributed by atoms with van der Waals surface area (Å²) < 4.78 is 19.4. The highest BCUT2D eigenvalue weighted by Gasteiger charge is 2.33. The summed E-state index contributed by atoms with van der Waals surface area (Å²) in [6.45, 7) is 10.4. The van der Waals surface area contributed by atoms with Crippen molar-refractivity contribution in [3.8, 4) is 11.5 Å². The molecule has 0 fully saturated rings. The van der Waals surface area contributed by atoms with Gasteiger partial charge in [0.25, 0.3) is 5.56 Å². The van der Waals surface area contributed by atoms with Gasteiger partial charge < -0.3 is 14.2 Å². The average Bonchev–Trinajstić information content (AvgIpc) is 3.17. The van der Waals surface area contributed by atoms with E-state index in [1.807, 2.05) is 43.3 Å². The molecule has 200 valence electrons. The highest BCUT2D eigenvalue weighted by Crippen LogP contribution is 2.37. The average molecular weight is 600 g/mol. The first-order chi connectivity index (χ1) is 18.2. The molecule has 3 aromatic rings. The van der Waals surface area contributed by atoms with Gasteiger partial charge in [0, 0.05) is 0 Å². The smallest absolute Gasteiger partial charge is 0.338 e. The van der Waals surface area contributed by atoms with Crippen LogP contribution in [0.4, 0.5) is 0 Å². The van der Waals surface area contributed by atoms with E-state index < -0.39 is 12.0 Å². The summed E-state index contributed by atoms with van der Waals surface area (Å²) in [7, 11) is 1.58. The van der Waals surface area contributed by atoms with Crippen LogP contribution in [0.1, 0.15) is 63.3 Å². The lowest BCUT2D eigenvalue weighted by Crippen LogP contribution is -2.39. The minimum Gasteiger partial charge on any atom is -0.492 e. The Morgan fingerprint density at radius 2 is 1.89 bits per heavy atom. The van der Waals surface area contributed by atoms with Gasteiger partial charge in [0.2, 0.25) is 0 Å². The van der Waals surface area contributed by atoms with Gasteiger partial charge in [-0.3, -0.25) is 9.36 Å². The molecule has 0 spiro atoms. The molecule has 4 rings (SSSR count). The van der Waals surface area contributed by atoms with Crippen molar-refractivity contribution in [2.75, 3.05) is 20.3 Å². The van der Waals surface area contributed by atoms with Crippen molar-refractivity contribution in [2.24, 2.45) is 4.99 Å². The number of methoxy groups -OCH3 is 1. The first-order valence-corrected chi connectivity index (χ1v) is 14.1. The molecule has 0 saturated heterocycles. The van der Waals surface area contributed by atoms with Crippen molar-refractivity contribution >= 4 is 39.3 Å². The van der Waals surface area contributed by atoms with Gasteiger partial charge in [-0.05, 0) is 77.5 Å². The predicted octanol–water partition coefficient (Wildman–Crippen LogP) is 5.09. The quantitative estimate of drug-likeness (QED) is 0.337. The minimum atomic E-state index is -0.643. The van der Waals surface area contributed by atoms with Gasteiger partial charge in [-0.25, -0.2) is 9.79 Å². The number of halogens is 1. The Bertz CT molecular complexity index is 1570. The Hall–Kier alpha value is -3.17. The zero-order valence-electron chi connectivity index (χ0n) is 22.3. The number of ether oxygens (including phenoxy) is 3. The monoisotopic (exact) mass is 598 g/mol. The van der Waals surface area contributed by atoms with Gasteiger partial charge in [0.15, 0.2) is 16.3 Å². The normalized spacial score (nSPS) is 15.4. The molecule has 1 unspecified atom stereocenters. The fourth-order valence-electron chi connectivity index (χ4n) is 4.45. The van der Waals surface area contributed by atoms with Gasteiger partial charge in [-0.1, -0.05) is 49.4 Å². The van der Waals surface area contributed by atoms with Crippen molar-refractivity contribution in [1.29, 1.82) is 0 Å². The second-order valence-corrected chi connectivity index (χ2v) is 11.0. The number of allylic oxidation sites excluding steroid dienone is 1.